The molecule has 2 heterocycles. The van der Waals surface area contributed by atoms with Crippen LogP contribution in [-0.2, 0) is 6.42 Å². The Hall–Kier alpha value is -1.41. The molecule has 28 heavy (non-hydrogen) atoms. The Morgan fingerprint density at radius 1 is 1.11 bits per heavy atom. The smallest absolute Gasteiger partial charge is 0.191 e. The van der Waals surface area contributed by atoms with E-state index in [2.05, 4.69) is 63.6 Å². The third-order valence-corrected chi connectivity index (χ3v) is 5.53. The average molecular weight is 495 g/mol. The van der Waals surface area contributed by atoms with Crippen LogP contribution >= 0.6 is 24.0 Å². The van der Waals surface area contributed by atoms with E-state index in [0.717, 1.165) is 31.0 Å². The van der Waals surface area contributed by atoms with Crippen molar-refractivity contribution in [1.82, 2.24) is 20.5 Å². The van der Waals surface area contributed by atoms with E-state index in [9.17, 15) is 0 Å². The summed E-state index contributed by atoms with van der Waals surface area (Å²) in [5, 5.41) is 8.16. The molecule has 0 atom stereocenters. The van der Waals surface area contributed by atoms with Crippen LogP contribution in [0.5, 0.6) is 0 Å². The van der Waals surface area contributed by atoms with Crippen molar-refractivity contribution in [3.8, 4) is 0 Å². The molecule has 0 aliphatic carbocycles. The number of hydrogen-bond acceptors (Lipinski definition) is 3. The summed E-state index contributed by atoms with van der Waals surface area (Å²) in [6.45, 7) is 8.77. The number of para-hydroxylation sites is 1. The monoisotopic (exact) mass is 495 g/mol. The van der Waals surface area contributed by atoms with E-state index in [4.69, 9.17) is 0 Å². The minimum Gasteiger partial charge on any atom is -0.356 e. The van der Waals surface area contributed by atoms with E-state index >= 15 is 0 Å². The molecule has 0 saturated carbocycles. The van der Waals surface area contributed by atoms with Crippen LogP contribution in [-0.4, -0.2) is 54.6 Å². The second-order valence-corrected chi connectivity index (χ2v) is 7.95. The molecule has 1 aliphatic rings. The first-order valence-electron chi connectivity index (χ1n) is 10.1. The van der Waals surface area contributed by atoms with E-state index in [1.165, 1.54) is 43.3 Å². The highest BCUT2D eigenvalue weighted by Gasteiger charge is 2.27. The summed E-state index contributed by atoms with van der Waals surface area (Å²) in [5.74, 6) is 0.869. The third-order valence-electron chi connectivity index (χ3n) is 5.53. The van der Waals surface area contributed by atoms with Crippen LogP contribution < -0.4 is 10.6 Å². The number of rotatable bonds is 6. The number of aromatic nitrogens is 1. The first kappa shape index (κ1) is 22.9. The number of fused-ring (bicyclic) bond motifs is 1. The number of pyridine rings is 1. The Morgan fingerprint density at radius 2 is 1.86 bits per heavy atom. The Labute approximate surface area is 186 Å². The van der Waals surface area contributed by atoms with Crippen molar-refractivity contribution in [3.63, 3.8) is 0 Å². The molecule has 1 aromatic heterocycles. The van der Waals surface area contributed by atoms with Crippen LogP contribution in [0.4, 0.5) is 0 Å². The topological polar surface area (TPSA) is 52.6 Å². The maximum Gasteiger partial charge on any atom is 0.191 e. The van der Waals surface area contributed by atoms with Crippen molar-refractivity contribution in [2.45, 2.75) is 45.1 Å². The number of hydrogen-bond donors (Lipinski definition) is 2. The lowest BCUT2D eigenvalue weighted by Crippen LogP contribution is -2.55. The van der Waals surface area contributed by atoms with Crippen LogP contribution in [0.2, 0.25) is 0 Å². The molecule has 1 aliphatic heterocycles. The predicted octanol–water partition coefficient (Wildman–Crippen LogP) is 3.82. The van der Waals surface area contributed by atoms with Crippen molar-refractivity contribution >= 4 is 40.8 Å². The normalized spacial score (nSPS) is 15.9. The van der Waals surface area contributed by atoms with Gasteiger partial charge in [-0.25, -0.2) is 0 Å². The first-order chi connectivity index (χ1) is 13.1. The van der Waals surface area contributed by atoms with Crippen LogP contribution in [0.3, 0.4) is 0 Å². The summed E-state index contributed by atoms with van der Waals surface area (Å²) in [4.78, 5) is 11.5. The van der Waals surface area contributed by atoms with Crippen LogP contribution in [0.1, 0.15) is 38.7 Å². The second-order valence-electron chi connectivity index (χ2n) is 7.95. The molecule has 0 radical (unpaired) electrons. The number of nitrogens with one attached hydrogen (secondary N) is 2. The molecule has 3 rings (SSSR count). The first-order valence-corrected chi connectivity index (χ1v) is 10.1. The van der Waals surface area contributed by atoms with Gasteiger partial charge in [-0.2, -0.15) is 0 Å². The highest BCUT2D eigenvalue weighted by atomic mass is 127. The van der Waals surface area contributed by atoms with Gasteiger partial charge in [-0.15, -0.1) is 24.0 Å². The van der Waals surface area contributed by atoms with Crippen LogP contribution in [0.15, 0.2) is 41.5 Å². The lowest BCUT2D eigenvalue weighted by Gasteiger charge is -2.41. The highest BCUT2D eigenvalue weighted by Crippen LogP contribution is 2.20. The van der Waals surface area contributed by atoms with Crippen molar-refractivity contribution < 1.29 is 0 Å². The number of benzene rings is 1. The van der Waals surface area contributed by atoms with E-state index in [1.54, 1.807) is 0 Å². The zero-order chi connectivity index (χ0) is 19.1. The van der Waals surface area contributed by atoms with Gasteiger partial charge < -0.3 is 10.6 Å². The minimum absolute atomic E-state index is 0. The molecular formula is C22H34IN5. The van der Waals surface area contributed by atoms with Gasteiger partial charge in [-0.1, -0.05) is 30.7 Å². The summed E-state index contributed by atoms with van der Waals surface area (Å²) in [6.07, 6.45) is 6.78. The fourth-order valence-electron chi connectivity index (χ4n) is 3.82. The molecule has 154 valence electrons. The number of guanidine groups is 1. The molecule has 0 unspecified atom stereocenters. The molecule has 2 N–H and O–H groups in total. The lowest BCUT2D eigenvalue weighted by molar-refractivity contribution is 0.0982. The Kier molecular flexibility index (Phi) is 8.95. The minimum atomic E-state index is 0. The highest BCUT2D eigenvalue weighted by molar-refractivity contribution is 14.0. The zero-order valence-corrected chi connectivity index (χ0v) is 19.7. The molecule has 1 saturated heterocycles. The van der Waals surface area contributed by atoms with Gasteiger partial charge in [0.05, 0.1) is 5.52 Å². The summed E-state index contributed by atoms with van der Waals surface area (Å²) >= 11 is 0. The standard InChI is InChI=1S/C22H33N5.HI/c1-22(2,27-15-5-4-6-16-27)17-26-21(23-3)25-14-12-19-10-7-9-18-11-8-13-24-20(18)19;/h7-11,13H,4-6,12,14-17H2,1-3H3,(H2,23,25,26);1H. The van der Waals surface area contributed by atoms with E-state index in [-0.39, 0.29) is 29.5 Å². The molecule has 6 heteroatoms. The second kappa shape index (κ2) is 11.0. The van der Waals surface area contributed by atoms with Gasteiger partial charge in [0.2, 0.25) is 0 Å². The number of likely N-dealkylation sites (tertiary alicyclic amines) is 1. The van der Waals surface area contributed by atoms with Gasteiger partial charge in [-0.3, -0.25) is 14.9 Å². The number of aliphatic imine (C=N–C) groups is 1. The third kappa shape index (κ3) is 6.04. The van der Waals surface area contributed by atoms with E-state index in [1.807, 2.05) is 19.3 Å². The summed E-state index contributed by atoms with van der Waals surface area (Å²) in [5.41, 5.74) is 2.50. The van der Waals surface area contributed by atoms with Crippen molar-refractivity contribution in [1.29, 1.82) is 0 Å². The Balaban J connectivity index is 0.00000280. The van der Waals surface area contributed by atoms with Gasteiger partial charge >= 0.3 is 0 Å². The number of halogens is 1. The van der Waals surface area contributed by atoms with Gasteiger partial charge in [0, 0.05) is 37.3 Å². The largest absolute Gasteiger partial charge is 0.356 e. The molecule has 0 amide bonds. The Bertz CT molecular complexity index is 763. The fourth-order valence-corrected chi connectivity index (χ4v) is 3.82. The average Bonchev–Trinajstić information content (AvgIpc) is 2.71. The van der Waals surface area contributed by atoms with Gasteiger partial charge in [-0.05, 0) is 57.8 Å². The predicted molar refractivity (Wildman–Crippen MR) is 130 cm³/mol. The van der Waals surface area contributed by atoms with Crippen LogP contribution in [0, 0.1) is 0 Å². The number of piperidine rings is 1. The maximum absolute atomic E-state index is 4.54. The molecule has 0 spiro atoms. The maximum atomic E-state index is 4.54. The lowest BCUT2D eigenvalue weighted by atomic mass is 9.98. The van der Waals surface area contributed by atoms with E-state index < -0.39 is 0 Å². The quantitative estimate of drug-likeness (QED) is 0.364. The molecule has 1 fully saturated rings. The fraction of sp³-hybridized carbons (Fsp3) is 0.545. The SMILES string of the molecule is CN=C(NCCc1cccc2cccnc12)NCC(C)(C)N1CCCCC1.I. The van der Waals surface area contributed by atoms with Gasteiger partial charge in [0.25, 0.3) is 0 Å². The van der Waals surface area contributed by atoms with Crippen molar-refractivity contribution in [2.75, 3.05) is 33.2 Å². The molecule has 5 nitrogen and oxygen atoms in total. The van der Waals surface area contributed by atoms with E-state index in [0.29, 0.717) is 0 Å². The van der Waals surface area contributed by atoms with Crippen molar-refractivity contribution in [3.05, 3.63) is 42.1 Å². The number of nitrogens with zero attached hydrogens (tertiary/aromatic N) is 3. The summed E-state index contributed by atoms with van der Waals surface area (Å²) in [7, 11) is 1.84. The molecule has 0 bridgehead atoms. The van der Waals surface area contributed by atoms with Crippen LogP contribution in [0.25, 0.3) is 10.9 Å². The van der Waals surface area contributed by atoms with Gasteiger partial charge in [0.1, 0.15) is 0 Å². The molecular weight excluding hydrogens is 461 g/mol. The summed E-state index contributed by atoms with van der Waals surface area (Å²) < 4.78 is 0. The molecule has 1 aromatic carbocycles. The zero-order valence-electron chi connectivity index (χ0n) is 17.4. The summed E-state index contributed by atoms with van der Waals surface area (Å²) in [6, 6.07) is 10.5. The van der Waals surface area contributed by atoms with Gasteiger partial charge in [0.15, 0.2) is 5.96 Å². The molecule has 2 aromatic rings. The Morgan fingerprint density at radius 3 is 2.61 bits per heavy atom. The van der Waals surface area contributed by atoms with Crippen molar-refractivity contribution in [2.24, 2.45) is 4.99 Å².